The van der Waals surface area contributed by atoms with Crippen LogP contribution in [0.15, 0.2) is 89.6 Å². The van der Waals surface area contributed by atoms with E-state index in [1.54, 1.807) is 0 Å². The lowest BCUT2D eigenvalue weighted by Gasteiger charge is -2.18. The molecule has 3 aromatic carbocycles. The van der Waals surface area contributed by atoms with Gasteiger partial charge >= 0.3 is 0 Å². The van der Waals surface area contributed by atoms with Crippen LogP contribution < -0.4 is 14.9 Å². The minimum Gasteiger partial charge on any atom is -0.453 e. The zero-order valence-electron chi connectivity index (χ0n) is 21.3. The molecule has 0 atom stereocenters. The molecule has 7 rings (SSSR count). The lowest BCUT2D eigenvalue weighted by molar-refractivity contribution is -0.660. The van der Waals surface area contributed by atoms with E-state index >= 15 is 4.39 Å². The van der Waals surface area contributed by atoms with Crippen LogP contribution in [0.1, 0.15) is 5.56 Å². The van der Waals surface area contributed by atoms with Crippen molar-refractivity contribution in [3.63, 3.8) is 0 Å². The molecule has 0 spiro atoms. The van der Waals surface area contributed by atoms with Crippen LogP contribution in [0.25, 0.3) is 55.6 Å². The lowest BCUT2D eigenvalue weighted by atomic mass is 9.98. The number of aromatic nitrogens is 2. The van der Waals surface area contributed by atoms with Crippen LogP contribution in [0.4, 0.5) is 4.39 Å². The summed E-state index contributed by atoms with van der Waals surface area (Å²) in [7, 11) is 0.233. The molecule has 180 valence electrons. The fraction of sp³-hybridized carbons (Fsp3) is 0.125. The highest BCUT2D eigenvalue weighted by Gasteiger charge is 2.37. The third kappa shape index (κ3) is 3.04. The Morgan fingerprint density at radius 2 is 1.62 bits per heavy atom. The van der Waals surface area contributed by atoms with Crippen molar-refractivity contribution >= 4 is 40.5 Å². The SMILES string of the molecule is Cc1ccc2c(oc3c(-c4ccc5c(c4)-c4ccccc4[Si]5(C)C)c(F)cnc32)c1-c1cccc[n+]1C. The Bertz CT molecular complexity index is 1900. The summed E-state index contributed by atoms with van der Waals surface area (Å²) in [6.07, 6.45) is 3.35. The van der Waals surface area contributed by atoms with Crippen molar-refractivity contribution in [1.82, 2.24) is 4.98 Å². The number of furan rings is 1. The monoisotopic (exact) mass is 501 g/mol. The quantitative estimate of drug-likeness (QED) is 0.203. The first-order valence-corrected chi connectivity index (χ1v) is 15.6. The molecule has 0 N–H and O–H groups in total. The van der Waals surface area contributed by atoms with Crippen LogP contribution in [0, 0.1) is 12.7 Å². The van der Waals surface area contributed by atoms with Gasteiger partial charge in [0.2, 0.25) is 5.69 Å². The molecule has 0 radical (unpaired) electrons. The Balaban J connectivity index is 1.52. The van der Waals surface area contributed by atoms with Crippen molar-refractivity contribution in [3.05, 3.63) is 96.6 Å². The number of rotatable bonds is 2. The third-order valence-corrected chi connectivity index (χ3v) is 11.6. The number of nitrogens with zero attached hydrogens (tertiary/aromatic N) is 2. The number of fused-ring (bicyclic) bond motifs is 6. The molecule has 1 aliphatic rings. The van der Waals surface area contributed by atoms with Gasteiger partial charge < -0.3 is 4.42 Å². The topological polar surface area (TPSA) is 29.9 Å². The summed E-state index contributed by atoms with van der Waals surface area (Å²) < 4.78 is 24.2. The molecular weight excluding hydrogens is 475 g/mol. The van der Waals surface area contributed by atoms with Gasteiger partial charge in [0, 0.05) is 17.5 Å². The summed E-state index contributed by atoms with van der Waals surface area (Å²) in [6.45, 7) is 6.85. The van der Waals surface area contributed by atoms with Gasteiger partial charge in [0.05, 0.1) is 17.3 Å². The first kappa shape index (κ1) is 22.1. The highest BCUT2D eigenvalue weighted by molar-refractivity contribution is 7.03. The smallest absolute Gasteiger partial charge is 0.216 e. The summed E-state index contributed by atoms with van der Waals surface area (Å²) in [4.78, 5) is 4.50. The van der Waals surface area contributed by atoms with Crippen molar-refractivity contribution in [2.75, 3.05) is 0 Å². The van der Waals surface area contributed by atoms with Gasteiger partial charge in [0.25, 0.3) is 0 Å². The number of hydrogen-bond donors (Lipinski definition) is 0. The van der Waals surface area contributed by atoms with Crippen molar-refractivity contribution in [3.8, 4) is 33.5 Å². The van der Waals surface area contributed by atoms with E-state index in [9.17, 15) is 0 Å². The van der Waals surface area contributed by atoms with Crippen LogP contribution in [0.2, 0.25) is 13.1 Å². The highest BCUT2D eigenvalue weighted by Crippen LogP contribution is 2.41. The molecule has 0 bridgehead atoms. The number of halogens is 1. The van der Waals surface area contributed by atoms with Crippen LogP contribution in [-0.4, -0.2) is 13.1 Å². The molecule has 0 amide bonds. The van der Waals surface area contributed by atoms with E-state index in [4.69, 9.17) is 4.42 Å². The Morgan fingerprint density at radius 3 is 2.46 bits per heavy atom. The first-order valence-electron chi connectivity index (χ1n) is 12.6. The Labute approximate surface area is 215 Å². The van der Waals surface area contributed by atoms with Crippen molar-refractivity contribution in [2.45, 2.75) is 20.0 Å². The van der Waals surface area contributed by atoms with Gasteiger partial charge in [-0.1, -0.05) is 55.6 Å². The van der Waals surface area contributed by atoms with Crippen LogP contribution in [0.5, 0.6) is 0 Å². The molecule has 0 saturated carbocycles. The summed E-state index contributed by atoms with van der Waals surface area (Å²) in [5, 5.41) is 3.71. The molecule has 3 aromatic heterocycles. The summed E-state index contributed by atoms with van der Waals surface area (Å²) in [6, 6.07) is 25.3. The van der Waals surface area contributed by atoms with Gasteiger partial charge in [-0.05, 0) is 57.8 Å². The van der Waals surface area contributed by atoms with Crippen molar-refractivity contribution in [1.29, 1.82) is 0 Å². The molecular formula is C32H26FN2OSi+. The van der Waals surface area contributed by atoms with Gasteiger partial charge in [-0.15, -0.1) is 0 Å². The maximum Gasteiger partial charge on any atom is 0.216 e. The molecule has 0 saturated heterocycles. The lowest BCUT2D eigenvalue weighted by Crippen LogP contribution is -2.49. The van der Waals surface area contributed by atoms with E-state index < -0.39 is 8.07 Å². The van der Waals surface area contributed by atoms with E-state index in [1.165, 1.54) is 27.7 Å². The van der Waals surface area contributed by atoms with Crippen molar-refractivity contribution in [2.24, 2.45) is 7.05 Å². The molecule has 5 heteroatoms. The number of aryl methyl sites for hydroxylation is 2. The number of hydrogen-bond acceptors (Lipinski definition) is 2. The van der Waals surface area contributed by atoms with Crippen LogP contribution in [-0.2, 0) is 7.05 Å². The molecule has 0 unspecified atom stereocenters. The Morgan fingerprint density at radius 1 is 0.838 bits per heavy atom. The second-order valence-electron chi connectivity index (χ2n) is 10.5. The van der Waals surface area contributed by atoms with E-state index in [-0.39, 0.29) is 5.82 Å². The van der Waals surface area contributed by atoms with Gasteiger partial charge in [-0.2, -0.15) is 0 Å². The average molecular weight is 502 g/mol. The molecule has 0 fully saturated rings. The average Bonchev–Trinajstić information content (AvgIpc) is 3.37. The van der Waals surface area contributed by atoms with E-state index in [2.05, 4.69) is 78.1 Å². The standard InChI is InChI=1S/C32H26FN2OSi/c1-19-12-14-22-30-32(36-31(22)28(19)25-10-7-8-16-35(25)2)29(24(33)18-34-30)20-13-15-27-23(17-20)21-9-5-6-11-26(21)37(27,3)4/h5-18H,1-4H3/q+1. The van der Waals surface area contributed by atoms with E-state index in [1.807, 2.05) is 37.5 Å². The number of pyridine rings is 2. The molecule has 1 aliphatic heterocycles. The zero-order chi connectivity index (χ0) is 25.5. The highest BCUT2D eigenvalue weighted by atomic mass is 28.3. The van der Waals surface area contributed by atoms with Gasteiger partial charge in [-0.3, -0.25) is 0 Å². The minimum absolute atomic E-state index is 0.377. The van der Waals surface area contributed by atoms with Gasteiger partial charge in [0.15, 0.2) is 23.2 Å². The zero-order valence-corrected chi connectivity index (χ0v) is 22.3. The largest absolute Gasteiger partial charge is 0.453 e. The maximum atomic E-state index is 15.6. The minimum atomic E-state index is -1.79. The third-order valence-electron chi connectivity index (χ3n) is 8.00. The van der Waals surface area contributed by atoms with Crippen LogP contribution in [0.3, 0.4) is 0 Å². The van der Waals surface area contributed by atoms with Gasteiger partial charge in [0.1, 0.15) is 20.6 Å². The Kier molecular flexibility index (Phi) is 4.61. The molecule has 0 aliphatic carbocycles. The summed E-state index contributed by atoms with van der Waals surface area (Å²) >= 11 is 0. The molecule has 37 heavy (non-hydrogen) atoms. The summed E-state index contributed by atoms with van der Waals surface area (Å²) in [5.74, 6) is -0.377. The van der Waals surface area contributed by atoms with Gasteiger partial charge in [-0.25, -0.2) is 13.9 Å². The number of benzene rings is 3. The molecule has 4 heterocycles. The second-order valence-corrected chi connectivity index (χ2v) is 14.9. The first-order chi connectivity index (χ1) is 17.9. The Hall–Kier alpha value is -4.09. The van der Waals surface area contributed by atoms with E-state index in [0.29, 0.717) is 16.7 Å². The van der Waals surface area contributed by atoms with Crippen molar-refractivity contribution < 1.29 is 13.4 Å². The molecule has 3 nitrogen and oxygen atoms in total. The fourth-order valence-electron chi connectivity index (χ4n) is 6.08. The predicted molar refractivity (Wildman–Crippen MR) is 150 cm³/mol. The normalized spacial score (nSPS) is 13.8. The summed E-state index contributed by atoms with van der Waals surface area (Å²) in [5.41, 5.74) is 8.78. The maximum absolute atomic E-state index is 15.6. The molecule has 6 aromatic rings. The second kappa shape index (κ2) is 7.70. The predicted octanol–water partition coefficient (Wildman–Crippen LogP) is 6.39. The van der Waals surface area contributed by atoms with E-state index in [0.717, 1.165) is 33.4 Å². The fourth-order valence-corrected chi connectivity index (χ4v) is 9.16. The van der Waals surface area contributed by atoms with Crippen LogP contribution >= 0.6 is 0 Å².